The lowest BCUT2D eigenvalue weighted by molar-refractivity contribution is -0.120. The topological polar surface area (TPSA) is 46.1 Å². The number of halogens is 1. The zero-order chi connectivity index (χ0) is 25.1. The minimum absolute atomic E-state index is 0.327. The Hall–Kier alpha value is -2.02. The first-order valence-electron chi connectivity index (χ1n) is 13.7. The molecule has 2 saturated carbocycles. The Labute approximate surface area is 229 Å². The molecule has 2 aliphatic carbocycles. The van der Waals surface area contributed by atoms with Crippen LogP contribution in [-0.2, 0) is 17.6 Å². The van der Waals surface area contributed by atoms with Crippen molar-refractivity contribution in [1.82, 2.24) is 9.97 Å². The number of nitrogens with zero attached hydrogens (tertiary/aromatic N) is 3. The fourth-order valence-electron chi connectivity index (χ4n) is 6.16. The molecule has 0 saturated heterocycles. The molecule has 1 aromatic heterocycles. The van der Waals surface area contributed by atoms with Gasteiger partial charge in [-0.05, 0) is 83.4 Å². The molecule has 2 unspecified atom stereocenters. The van der Waals surface area contributed by atoms with Crippen molar-refractivity contribution in [3.05, 3.63) is 63.5 Å². The second kappa shape index (κ2) is 11.6. The number of aromatic nitrogens is 2. The summed E-state index contributed by atoms with van der Waals surface area (Å²) in [5.74, 6) is 5.10. The van der Waals surface area contributed by atoms with Gasteiger partial charge in [0, 0.05) is 41.8 Å². The highest BCUT2D eigenvalue weighted by Crippen LogP contribution is 2.47. The van der Waals surface area contributed by atoms with Crippen molar-refractivity contribution in [3.8, 4) is 0 Å². The fraction of sp³-hybridized carbons (Fsp3) is 0.516. The summed E-state index contributed by atoms with van der Waals surface area (Å²) in [5.41, 5.74) is 2.24. The number of Topliss-reactive ketones (excluding diaryl/α,β-unsaturated/α-hetero) is 1. The van der Waals surface area contributed by atoms with Crippen LogP contribution in [0.1, 0.15) is 62.8 Å². The highest BCUT2D eigenvalue weighted by Gasteiger charge is 2.43. The summed E-state index contributed by atoms with van der Waals surface area (Å²) in [6.45, 7) is 0. The van der Waals surface area contributed by atoms with Gasteiger partial charge in [-0.3, -0.25) is 4.79 Å². The van der Waals surface area contributed by atoms with Gasteiger partial charge >= 0.3 is 0 Å². The lowest BCUT2D eigenvalue weighted by Crippen LogP contribution is -2.16. The van der Waals surface area contributed by atoms with Crippen molar-refractivity contribution in [2.45, 2.75) is 64.2 Å². The lowest BCUT2D eigenvalue weighted by Gasteiger charge is -2.28. The first kappa shape index (κ1) is 25.6. The minimum atomic E-state index is 0.327. The number of fused-ring (bicyclic) bond motifs is 1. The number of benzene rings is 2. The predicted molar refractivity (Wildman–Crippen MR) is 156 cm³/mol. The number of carbonyl (C=O) groups excluding carboxylic acids is 1. The van der Waals surface area contributed by atoms with E-state index in [0.717, 1.165) is 53.6 Å². The van der Waals surface area contributed by atoms with Crippen LogP contribution in [0.3, 0.4) is 0 Å². The molecular weight excluding hydrogens is 557 g/mol. The average Bonchev–Trinajstić information content (AvgIpc) is 3.65. The quantitative estimate of drug-likeness (QED) is 0.232. The largest absolute Gasteiger partial charge is 0.362 e. The fourth-order valence-corrected chi connectivity index (χ4v) is 6.73. The van der Waals surface area contributed by atoms with E-state index in [1.165, 1.54) is 47.7 Å². The lowest BCUT2D eigenvalue weighted by atomic mass is 9.77. The number of ketones is 1. The van der Waals surface area contributed by atoms with Crippen molar-refractivity contribution in [2.24, 2.45) is 23.7 Å². The molecule has 0 radical (unpaired) electrons. The summed E-state index contributed by atoms with van der Waals surface area (Å²) in [7, 11) is 4.11. The minimum Gasteiger partial charge on any atom is -0.362 e. The van der Waals surface area contributed by atoms with E-state index in [-0.39, 0.29) is 0 Å². The molecule has 0 spiro atoms. The normalized spacial score (nSPS) is 23.5. The van der Waals surface area contributed by atoms with Crippen LogP contribution < -0.4 is 4.90 Å². The van der Waals surface area contributed by atoms with E-state index >= 15 is 0 Å². The molecule has 2 aromatic carbocycles. The van der Waals surface area contributed by atoms with Crippen molar-refractivity contribution < 1.29 is 4.79 Å². The molecule has 0 bridgehead atoms. The summed E-state index contributed by atoms with van der Waals surface area (Å²) in [6.07, 6.45) is 11.8. The SMILES string of the molecule is CN(C)c1nc(CCCC2CCC(CC3CC3C(=O)Cc3ccccc3I)CC2)nc2ccccc12. The summed E-state index contributed by atoms with van der Waals surface area (Å²) in [5, 5.41) is 1.12. The Bertz CT molecular complexity index is 1200. The van der Waals surface area contributed by atoms with Gasteiger partial charge in [-0.2, -0.15) is 0 Å². The molecule has 0 amide bonds. The molecule has 2 atom stereocenters. The average molecular weight is 596 g/mol. The first-order chi connectivity index (χ1) is 17.5. The van der Waals surface area contributed by atoms with Crippen LogP contribution in [0.2, 0.25) is 0 Å². The van der Waals surface area contributed by atoms with Crippen LogP contribution in [0, 0.1) is 27.2 Å². The second-order valence-corrected chi connectivity index (χ2v) is 12.4. The molecule has 1 heterocycles. The molecule has 4 nitrogen and oxygen atoms in total. The van der Waals surface area contributed by atoms with Gasteiger partial charge in [0.25, 0.3) is 0 Å². The second-order valence-electron chi connectivity index (χ2n) is 11.2. The van der Waals surface area contributed by atoms with Gasteiger partial charge in [-0.25, -0.2) is 9.97 Å². The Morgan fingerprint density at radius 1 is 0.972 bits per heavy atom. The molecular formula is C31H38IN3O. The van der Waals surface area contributed by atoms with Gasteiger partial charge in [0.2, 0.25) is 0 Å². The predicted octanol–water partition coefficient (Wildman–Crippen LogP) is 7.27. The summed E-state index contributed by atoms with van der Waals surface area (Å²) in [6, 6.07) is 16.6. The van der Waals surface area contributed by atoms with Crippen LogP contribution in [0.25, 0.3) is 10.9 Å². The summed E-state index contributed by atoms with van der Waals surface area (Å²) in [4.78, 5) is 24.6. The van der Waals surface area contributed by atoms with Crippen molar-refractivity contribution >= 4 is 45.1 Å². The number of para-hydroxylation sites is 1. The van der Waals surface area contributed by atoms with Crippen molar-refractivity contribution in [2.75, 3.05) is 19.0 Å². The zero-order valence-electron chi connectivity index (χ0n) is 21.6. The van der Waals surface area contributed by atoms with Crippen LogP contribution in [0.4, 0.5) is 5.82 Å². The molecule has 3 aromatic rings. The van der Waals surface area contributed by atoms with E-state index in [4.69, 9.17) is 9.97 Å². The van der Waals surface area contributed by atoms with Gasteiger partial charge in [0.05, 0.1) is 5.52 Å². The smallest absolute Gasteiger partial charge is 0.140 e. The Balaban J connectivity index is 1.04. The van der Waals surface area contributed by atoms with Crippen molar-refractivity contribution in [1.29, 1.82) is 0 Å². The van der Waals surface area contributed by atoms with E-state index < -0.39 is 0 Å². The standard InChI is InChI=1S/C31H38IN3O/c1-35(2)31-25-10-4-6-12-28(25)33-30(34-31)13-7-8-21-14-16-22(17-15-21)18-24-19-26(24)29(36)20-23-9-3-5-11-27(23)32/h3-6,9-12,21-22,24,26H,7-8,13-20H2,1-2H3. The monoisotopic (exact) mass is 595 g/mol. The number of hydrogen-bond donors (Lipinski definition) is 0. The van der Waals surface area contributed by atoms with Crippen LogP contribution in [0.5, 0.6) is 0 Å². The number of aryl methyl sites for hydroxylation is 1. The highest BCUT2D eigenvalue weighted by atomic mass is 127. The molecule has 5 heteroatoms. The molecule has 190 valence electrons. The van der Waals surface area contributed by atoms with E-state index in [1.807, 2.05) is 12.1 Å². The number of anilines is 1. The van der Waals surface area contributed by atoms with Gasteiger partial charge in [-0.15, -0.1) is 0 Å². The van der Waals surface area contributed by atoms with E-state index in [2.05, 4.69) is 78.0 Å². The maximum absolute atomic E-state index is 12.8. The van der Waals surface area contributed by atoms with E-state index in [9.17, 15) is 4.79 Å². The molecule has 0 aliphatic heterocycles. The maximum Gasteiger partial charge on any atom is 0.140 e. The van der Waals surface area contributed by atoms with Gasteiger partial charge in [0.1, 0.15) is 17.4 Å². The first-order valence-corrected chi connectivity index (χ1v) is 14.7. The summed E-state index contributed by atoms with van der Waals surface area (Å²) >= 11 is 2.35. The van der Waals surface area contributed by atoms with Crippen LogP contribution in [-0.4, -0.2) is 29.8 Å². The number of hydrogen-bond acceptors (Lipinski definition) is 4. The third kappa shape index (κ3) is 6.27. The van der Waals surface area contributed by atoms with E-state index in [1.54, 1.807) is 0 Å². The highest BCUT2D eigenvalue weighted by molar-refractivity contribution is 14.1. The van der Waals surface area contributed by atoms with Gasteiger partial charge in [0.15, 0.2) is 0 Å². The third-order valence-electron chi connectivity index (χ3n) is 8.33. The van der Waals surface area contributed by atoms with E-state index in [0.29, 0.717) is 24.0 Å². The Morgan fingerprint density at radius 3 is 2.47 bits per heavy atom. The molecule has 2 fully saturated rings. The number of carbonyl (C=O) groups is 1. The Kier molecular flexibility index (Phi) is 8.24. The maximum atomic E-state index is 12.8. The molecule has 36 heavy (non-hydrogen) atoms. The number of rotatable bonds is 10. The van der Waals surface area contributed by atoms with Crippen LogP contribution >= 0.6 is 22.6 Å². The third-order valence-corrected chi connectivity index (χ3v) is 9.38. The van der Waals surface area contributed by atoms with Crippen molar-refractivity contribution in [3.63, 3.8) is 0 Å². The Morgan fingerprint density at radius 2 is 1.69 bits per heavy atom. The van der Waals surface area contributed by atoms with Gasteiger partial charge < -0.3 is 4.90 Å². The summed E-state index contributed by atoms with van der Waals surface area (Å²) < 4.78 is 1.21. The van der Waals surface area contributed by atoms with Gasteiger partial charge in [-0.1, -0.05) is 62.4 Å². The van der Waals surface area contributed by atoms with Crippen LogP contribution in [0.15, 0.2) is 48.5 Å². The molecule has 5 rings (SSSR count). The zero-order valence-corrected chi connectivity index (χ0v) is 23.8. The molecule has 2 aliphatic rings. The molecule has 0 N–H and O–H groups in total.